The minimum atomic E-state index is -0.304. The van der Waals surface area contributed by atoms with Gasteiger partial charge in [0.2, 0.25) is 11.7 Å². The number of aliphatic hydroxyl groups is 1. The number of aromatic nitrogens is 2. The van der Waals surface area contributed by atoms with Crippen molar-refractivity contribution in [3.63, 3.8) is 0 Å². The maximum absolute atomic E-state index is 12.0. The normalized spacial score (nSPS) is 12.0. The molecule has 1 heterocycles. The van der Waals surface area contributed by atoms with E-state index in [2.05, 4.69) is 20.8 Å². The molecule has 118 valence electrons. The van der Waals surface area contributed by atoms with E-state index in [1.807, 2.05) is 19.1 Å². The molecule has 0 saturated heterocycles. The molecule has 7 heteroatoms. The average Bonchev–Trinajstić information content (AvgIpc) is 2.93. The summed E-state index contributed by atoms with van der Waals surface area (Å²) in [5, 5.41) is 18.4. The van der Waals surface area contributed by atoms with E-state index in [0.29, 0.717) is 23.8 Å². The number of anilines is 1. The SMILES string of the molecule is CCC(CCO)NC(=O)Nc1cccc(-c2noc(C)n2)c1. The van der Waals surface area contributed by atoms with Gasteiger partial charge in [-0.3, -0.25) is 0 Å². The van der Waals surface area contributed by atoms with Gasteiger partial charge in [0.05, 0.1) is 0 Å². The summed E-state index contributed by atoms with van der Waals surface area (Å²) < 4.78 is 4.95. The summed E-state index contributed by atoms with van der Waals surface area (Å²) in [5.41, 5.74) is 1.40. The molecule has 1 aromatic heterocycles. The third-order valence-electron chi connectivity index (χ3n) is 3.21. The summed E-state index contributed by atoms with van der Waals surface area (Å²) in [6, 6.07) is 6.85. The Kier molecular flexibility index (Phi) is 5.48. The number of carbonyl (C=O) groups excluding carboxylic acids is 1. The summed E-state index contributed by atoms with van der Waals surface area (Å²) in [4.78, 5) is 16.1. The fourth-order valence-electron chi connectivity index (χ4n) is 2.04. The van der Waals surface area contributed by atoms with Crippen LogP contribution >= 0.6 is 0 Å². The maximum Gasteiger partial charge on any atom is 0.319 e. The van der Waals surface area contributed by atoms with Gasteiger partial charge in [-0.25, -0.2) is 4.79 Å². The van der Waals surface area contributed by atoms with Crippen molar-refractivity contribution in [2.24, 2.45) is 0 Å². The largest absolute Gasteiger partial charge is 0.396 e. The van der Waals surface area contributed by atoms with Crippen LogP contribution in [0.1, 0.15) is 25.7 Å². The van der Waals surface area contributed by atoms with Gasteiger partial charge >= 0.3 is 6.03 Å². The average molecular weight is 304 g/mol. The van der Waals surface area contributed by atoms with Crippen LogP contribution in [0.15, 0.2) is 28.8 Å². The summed E-state index contributed by atoms with van der Waals surface area (Å²) in [7, 11) is 0. The van der Waals surface area contributed by atoms with Gasteiger partial charge < -0.3 is 20.3 Å². The molecule has 0 aliphatic carbocycles. The van der Waals surface area contributed by atoms with E-state index in [4.69, 9.17) is 9.63 Å². The molecule has 0 radical (unpaired) electrons. The van der Waals surface area contributed by atoms with Crippen molar-refractivity contribution in [3.05, 3.63) is 30.2 Å². The Morgan fingerprint density at radius 1 is 1.45 bits per heavy atom. The van der Waals surface area contributed by atoms with Gasteiger partial charge in [-0.15, -0.1) is 0 Å². The number of hydrogen-bond acceptors (Lipinski definition) is 5. The lowest BCUT2D eigenvalue weighted by molar-refractivity contribution is 0.237. The van der Waals surface area contributed by atoms with Crippen LogP contribution in [0.2, 0.25) is 0 Å². The van der Waals surface area contributed by atoms with Crippen LogP contribution in [0.4, 0.5) is 10.5 Å². The number of amides is 2. The number of hydrogen-bond donors (Lipinski definition) is 3. The number of aliphatic hydroxyl groups excluding tert-OH is 1. The van der Waals surface area contributed by atoms with Crippen LogP contribution in [-0.4, -0.2) is 33.9 Å². The van der Waals surface area contributed by atoms with Crippen LogP contribution in [0.5, 0.6) is 0 Å². The van der Waals surface area contributed by atoms with Crippen molar-refractivity contribution in [3.8, 4) is 11.4 Å². The first-order valence-electron chi connectivity index (χ1n) is 7.21. The van der Waals surface area contributed by atoms with E-state index >= 15 is 0 Å². The predicted molar refractivity (Wildman–Crippen MR) is 82.4 cm³/mol. The monoisotopic (exact) mass is 304 g/mol. The van der Waals surface area contributed by atoms with Crippen molar-refractivity contribution in [2.45, 2.75) is 32.7 Å². The highest BCUT2D eigenvalue weighted by Crippen LogP contribution is 2.19. The zero-order chi connectivity index (χ0) is 15.9. The molecule has 2 amide bonds. The molecule has 1 aromatic carbocycles. The first kappa shape index (κ1) is 16.0. The van der Waals surface area contributed by atoms with Crippen LogP contribution < -0.4 is 10.6 Å². The summed E-state index contributed by atoms with van der Waals surface area (Å²) in [6.07, 6.45) is 1.29. The lowest BCUT2D eigenvalue weighted by Gasteiger charge is -2.16. The van der Waals surface area contributed by atoms with E-state index < -0.39 is 0 Å². The van der Waals surface area contributed by atoms with Gasteiger partial charge in [-0.2, -0.15) is 4.98 Å². The second kappa shape index (κ2) is 7.56. The third-order valence-corrected chi connectivity index (χ3v) is 3.21. The molecule has 1 unspecified atom stereocenters. The minimum Gasteiger partial charge on any atom is -0.396 e. The Bertz CT molecular complexity index is 627. The second-order valence-corrected chi connectivity index (χ2v) is 4.93. The lowest BCUT2D eigenvalue weighted by Crippen LogP contribution is -2.38. The topological polar surface area (TPSA) is 100 Å². The quantitative estimate of drug-likeness (QED) is 0.760. The number of nitrogens with zero attached hydrogens (tertiary/aromatic N) is 2. The van der Waals surface area contributed by atoms with Gasteiger partial charge in [0.1, 0.15) is 0 Å². The Hall–Kier alpha value is -2.41. The third kappa shape index (κ3) is 4.29. The van der Waals surface area contributed by atoms with Crippen molar-refractivity contribution in [1.82, 2.24) is 15.5 Å². The molecule has 0 aliphatic rings. The maximum atomic E-state index is 12.0. The Balaban J connectivity index is 2.02. The minimum absolute atomic E-state index is 0.0471. The molecule has 0 saturated carbocycles. The fourth-order valence-corrected chi connectivity index (χ4v) is 2.04. The van der Waals surface area contributed by atoms with Gasteiger partial charge in [-0.1, -0.05) is 24.2 Å². The van der Waals surface area contributed by atoms with Crippen molar-refractivity contribution in [2.75, 3.05) is 11.9 Å². The summed E-state index contributed by atoms with van der Waals surface area (Å²) >= 11 is 0. The Morgan fingerprint density at radius 3 is 2.91 bits per heavy atom. The van der Waals surface area contributed by atoms with Gasteiger partial charge in [0, 0.05) is 30.8 Å². The zero-order valence-corrected chi connectivity index (χ0v) is 12.7. The summed E-state index contributed by atoms with van der Waals surface area (Å²) in [6.45, 7) is 3.73. The van der Waals surface area contributed by atoms with E-state index in [1.165, 1.54) is 0 Å². The van der Waals surface area contributed by atoms with E-state index in [0.717, 1.165) is 12.0 Å². The first-order chi connectivity index (χ1) is 10.6. The Morgan fingerprint density at radius 2 is 2.27 bits per heavy atom. The fraction of sp³-hybridized carbons (Fsp3) is 0.400. The molecule has 0 fully saturated rings. The molecule has 7 nitrogen and oxygen atoms in total. The van der Waals surface area contributed by atoms with E-state index in [-0.39, 0.29) is 18.7 Å². The van der Waals surface area contributed by atoms with Crippen molar-refractivity contribution in [1.29, 1.82) is 0 Å². The molecule has 0 spiro atoms. The molecule has 1 atom stereocenters. The molecule has 2 aromatic rings. The highest BCUT2D eigenvalue weighted by molar-refractivity contribution is 5.90. The number of benzene rings is 1. The predicted octanol–water partition coefficient (Wildman–Crippen LogP) is 2.33. The molecule has 0 aliphatic heterocycles. The smallest absolute Gasteiger partial charge is 0.319 e. The van der Waals surface area contributed by atoms with Gasteiger partial charge in [0.25, 0.3) is 0 Å². The number of rotatable bonds is 6. The second-order valence-electron chi connectivity index (χ2n) is 4.93. The standard InChI is InChI=1S/C15H20N4O3/c1-3-12(7-8-20)17-15(21)18-13-6-4-5-11(9-13)14-16-10(2)22-19-14/h4-6,9,12,20H,3,7-8H2,1-2H3,(H2,17,18,21). The molecule has 22 heavy (non-hydrogen) atoms. The Labute approximate surface area is 128 Å². The zero-order valence-electron chi connectivity index (χ0n) is 12.7. The molecular formula is C15H20N4O3. The van der Waals surface area contributed by atoms with Crippen LogP contribution in [-0.2, 0) is 0 Å². The lowest BCUT2D eigenvalue weighted by atomic mass is 10.1. The van der Waals surface area contributed by atoms with Crippen LogP contribution in [0, 0.1) is 6.92 Å². The number of nitrogens with one attached hydrogen (secondary N) is 2. The van der Waals surface area contributed by atoms with Gasteiger partial charge in [-0.05, 0) is 25.0 Å². The number of carbonyl (C=O) groups is 1. The van der Waals surface area contributed by atoms with Crippen LogP contribution in [0.3, 0.4) is 0 Å². The molecule has 3 N–H and O–H groups in total. The van der Waals surface area contributed by atoms with Crippen LogP contribution in [0.25, 0.3) is 11.4 Å². The molecular weight excluding hydrogens is 284 g/mol. The van der Waals surface area contributed by atoms with Gasteiger partial charge in [0.15, 0.2) is 0 Å². The first-order valence-corrected chi connectivity index (χ1v) is 7.21. The van der Waals surface area contributed by atoms with Crippen molar-refractivity contribution < 1.29 is 14.4 Å². The van der Waals surface area contributed by atoms with Crippen molar-refractivity contribution >= 4 is 11.7 Å². The highest BCUT2D eigenvalue weighted by atomic mass is 16.5. The van der Waals surface area contributed by atoms with E-state index in [1.54, 1.807) is 19.1 Å². The summed E-state index contributed by atoms with van der Waals surface area (Å²) in [5.74, 6) is 0.967. The highest BCUT2D eigenvalue weighted by Gasteiger charge is 2.11. The van der Waals surface area contributed by atoms with E-state index in [9.17, 15) is 4.79 Å². The number of urea groups is 1. The number of aryl methyl sites for hydroxylation is 1. The molecule has 0 bridgehead atoms. The molecule has 2 rings (SSSR count).